The standard InChI is InChI=1S/C84H148N4O39.2Na/c1-6-8-10-12-14-16-18-20-21-23-25-27-29-31-33-35-58(102)88-48(49(98)34-32-30-28-26-24-22-19-17-15-13-11-9-7-2)44-116-78-69(110)67(108)71(56(42-93)119-78)121-80-70(111)76(72(57(43-94)120-80)122-77-61(87-47(5)97)73(64(105)54(40-91)117-77)123-79-68(109)66(107)63(104)53(39-90)118-79)127-84(82(114)115)37-51(100)60(86-46(4)96)75(126-84)65(106)55(41-92)124-83(81(112)113)36-50(99)59(85-45(3)95)74(125-83)62(103)52(101)38-89;;/h32,34,48-57,59-80,89-94,98-101,103-111H,6-31,33,35-44H2,1-5H3,(H,85,95)(H,86,96)(H,87,97)(H,88,102)(H,112,113)(H,114,115);;/q;2*+1/p-2/b34-32+;;/t48?,49?,50-,51-,52+,53+,54+,55+,56+,57+,59+,60+,61+,62+,63-,64-,65+,66-,67+,68+,69+,70+,71+,72-,73+,74+,75+,76+,77-,78+,79-,80-,83+,84-;;/m0../s1. The Morgan fingerprint density at radius 2 is 0.837 bits per heavy atom. The Labute approximate surface area is 796 Å². The van der Waals surface area contributed by atoms with E-state index in [-0.39, 0.29) is 65.5 Å². The minimum atomic E-state index is -3.82. The minimum Gasteiger partial charge on any atom is -0.544 e. The van der Waals surface area contributed by atoms with Gasteiger partial charge in [0.05, 0.1) is 82.7 Å². The summed E-state index contributed by atoms with van der Waals surface area (Å²) in [6, 6.07) is -7.24. The second-order valence-corrected chi connectivity index (χ2v) is 34.2. The van der Waals surface area contributed by atoms with Crippen LogP contribution in [0.15, 0.2) is 12.2 Å². The van der Waals surface area contributed by atoms with Crippen LogP contribution in [0.3, 0.4) is 0 Å². The molecule has 34 atom stereocenters. The van der Waals surface area contributed by atoms with Gasteiger partial charge < -0.3 is 195 Å². The topological polar surface area (TPSA) is 692 Å². The third-order valence-electron chi connectivity index (χ3n) is 24.1. The van der Waals surface area contributed by atoms with Crippen LogP contribution in [0, 0.1) is 0 Å². The van der Waals surface area contributed by atoms with Gasteiger partial charge in [-0.25, -0.2) is 0 Å². The number of hydrogen-bond acceptors (Lipinski definition) is 39. The van der Waals surface area contributed by atoms with E-state index in [0.29, 0.717) is 12.8 Å². The number of ether oxygens (including phenoxy) is 12. The maximum absolute atomic E-state index is 14.3. The van der Waals surface area contributed by atoms with Crippen LogP contribution >= 0.6 is 0 Å². The van der Waals surface area contributed by atoms with Gasteiger partial charge in [0.15, 0.2) is 25.2 Å². The Morgan fingerprint density at radius 1 is 0.434 bits per heavy atom. The summed E-state index contributed by atoms with van der Waals surface area (Å²) >= 11 is 0. The first kappa shape index (κ1) is 119. The number of carbonyl (C=O) groups is 6. The Bertz CT molecular complexity index is 3210. The summed E-state index contributed by atoms with van der Waals surface area (Å²) in [5.41, 5.74) is 0. The van der Waals surface area contributed by atoms with E-state index < -0.39 is 302 Å². The third-order valence-corrected chi connectivity index (χ3v) is 24.1. The van der Waals surface area contributed by atoms with Gasteiger partial charge in [0.1, 0.15) is 146 Å². The molecule has 23 N–H and O–H groups in total. The number of carbonyl (C=O) groups excluding carboxylic acids is 6. The number of nitrogens with one attached hydrogen (secondary N) is 4. The average Bonchev–Trinajstić information content (AvgIpc) is 0.741. The van der Waals surface area contributed by atoms with Gasteiger partial charge in [-0.15, -0.1) is 0 Å². The Hall–Kier alpha value is -2.68. The number of carboxylic acid groups (broad SMARTS) is 2. The van der Waals surface area contributed by atoms with Gasteiger partial charge in [-0.05, 0) is 19.3 Å². The van der Waals surface area contributed by atoms with Crippen molar-refractivity contribution in [3.8, 4) is 0 Å². The van der Waals surface area contributed by atoms with Crippen LogP contribution in [-0.2, 0) is 85.6 Å². The van der Waals surface area contributed by atoms with E-state index >= 15 is 0 Å². The zero-order valence-electron chi connectivity index (χ0n) is 75.5. The molecular weight excluding hydrogens is 1730 g/mol. The average molecular weight is 1880 g/mol. The number of carboxylic acids is 2. The molecule has 6 aliphatic rings. The molecule has 2 unspecified atom stereocenters. The van der Waals surface area contributed by atoms with Gasteiger partial charge in [0, 0.05) is 40.0 Å². The van der Waals surface area contributed by atoms with Crippen molar-refractivity contribution in [1.82, 2.24) is 21.3 Å². The maximum Gasteiger partial charge on any atom is 1.00 e. The molecule has 6 rings (SSSR count). The molecular formula is C84H146N4Na2O39. The number of aliphatic hydroxyl groups excluding tert-OH is 19. The van der Waals surface area contributed by atoms with Crippen molar-refractivity contribution in [3.63, 3.8) is 0 Å². The Morgan fingerprint density at radius 3 is 1.32 bits per heavy atom. The van der Waals surface area contributed by atoms with Crippen molar-refractivity contribution in [2.75, 3.05) is 46.2 Å². The zero-order valence-corrected chi connectivity index (χ0v) is 79.5. The van der Waals surface area contributed by atoms with E-state index in [9.17, 15) is 136 Å². The van der Waals surface area contributed by atoms with Gasteiger partial charge in [0.2, 0.25) is 35.2 Å². The predicted molar refractivity (Wildman–Crippen MR) is 435 cm³/mol. The molecule has 6 aliphatic heterocycles. The first-order valence-electron chi connectivity index (χ1n) is 45.2. The summed E-state index contributed by atoms with van der Waals surface area (Å²) in [6.45, 7) is -1.17. The smallest absolute Gasteiger partial charge is 0.544 e. The molecule has 6 heterocycles. The zero-order chi connectivity index (χ0) is 93.8. The molecule has 43 nitrogen and oxygen atoms in total. The van der Waals surface area contributed by atoms with Crippen molar-refractivity contribution < 1.29 is 252 Å². The number of aliphatic hydroxyl groups is 19. The van der Waals surface area contributed by atoms with Crippen molar-refractivity contribution in [1.29, 1.82) is 0 Å². The first-order chi connectivity index (χ1) is 60.6. The number of allylic oxidation sites excluding steroid dienone is 1. The van der Waals surface area contributed by atoms with E-state index in [1.165, 1.54) is 102 Å². The van der Waals surface area contributed by atoms with E-state index in [4.69, 9.17) is 56.8 Å². The van der Waals surface area contributed by atoms with Crippen LogP contribution in [0.1, 0.15) is 227 Å². The molecule has 0 aromatic carbocycles. The van der Waals surface area contributed by atoms with E-state index in [2.05, 4.69) is 35.1 Å². The second kappa shape index (κ2) is 60.9. The van der Waals surface area contributed by atoms with E-state index in [0.717, 1.165) is 85.0 Å². The summed E-state index contributed by atoms with van der Waals surface area (Å²) in [5.74, 6) is -15.9. The number of unbranched alkanes of at least 4 members (excludes halogenated alkanes) is 25. The van der Waals surface area contributed by atoms with Crippen molar-refractivity contribution in [2.45, 2.75) is 435 Å². The summed E-state index contributed by atoms with van der Waals surface area (Å²) in [4.78, 5) is 80.0. The molecule has 0 saturated carbocycles. The van der Waals surface area contributed by atoms with Crippen LogP contribution in [0.25, 0.3) is 0 Å². The maximum atomic E-state index is 14.3. The molecule has 0 radical (unpaired) electrons. The fourth-order valence-electron chi connectivity index (χ4n) is 16.9. The van der Waals surface area contributed by atoms with Gasteiger partial charge >= 0.3 is 59.1 Å². The first-order valence-corrected chi connectivity index (χ1v) is 45.2. The minimum absolute atomic E-state index is 0. The number of aliphatic carboxylic acids is 2. The molecule has 0 aliphatic carbocycles. The molecule has 6 saturated heterocycles. The summed E-state index contributed by atoms with van der Waals surface area (Å²) < 4.78 is 71.8. The van der Waals surface area contributed by atoms with Gasteiger partial charge in [-0.1, -0.05) is 180 Å². The Kier molecular flexibility index (Phi) is 56.0. The molecule has 0 spiro atoms. The van der Waals surface area contributed by atoms with Gasteiger partial charge in [0.25, 0.3) is 0 Å². The quantitative estimate of drug-likeness (QED) is 0.0153. The molecule has 738 valence electrons. The summed E-state index contributed by atoms with van der Waals surface area (Å²) in [5, 5.41) is 252. The van der Waals surface area contributed by atoms with Crippen LogP contribution in [0.2, 0.25) is 0 Å². The largest absolute Gasteiger partial charge is 1.00 e. The van der Waals surface area contributed by atoms with Crippen LogP contribution in [0.4, 0.5) is 0 Å². The molecule has 0 aromatic heterocycles. The van der Waals surface area contributed by atoms with E-state index in [1.807, 2.05) is 0 Å². The Balaban J connectivity index is 0.0000174. The molecule has 6 fully saturated rings. The van der Waals surface area contributed by atoms with E-state index in [1.54, 1.807) is 6.08 Å². The molecule has 0 bridgehead atoms. The fraction of sp³-hybridized carbons (Fsp3) is 0.905. The van der Waals surface area contributed by atoms with Crippen LogP contribution < -0.4 is 90.6 Å². The second-order valence-electron chi connectivity index (χ2n) is 34.2. The third kappa shape index (κ3) is 35.3. The monoisotopic (exact) mass is 1880 g/mol. The number of hydrogen-bond donors (Lipinski definition) is 23. The molecule has 129 heavy (non-hydrogen) atoms. The van der Waals surface area contributed by atoms with Crippen LogP contribution in [-0.4, -0.2) is 386 Å². The van der Waals surface area contributed by atoms with Crippen molar-refractivity contribution >= 4 is 35.6 Å². The number of rotatable bonds is 59. The molecule has 45 heteroatoms. The summed E-state index contributed by atoms with van der Waals surface area (Å²) in [6.07, 6.45) is -33.1. The predicted octanol–water partition coefficient (Wildman–Crippen LogP) is -12.5. The van der Waals surface area contributed by atoms with Crippen molar-refractivity contribution in [2.24, 2.45) is 0 Å². The van der Waals surface area contributed by atoms with Gasteiger partial charge in [-0.2, -0.15) is 0 Å². The SMILES string of the molecule is CCCCCCCCCCCCC/C=C/C(O)C(CO[C@@H]1O[C@H](CO)[C@@H](O[C@@H]2O[C@H](CO)[C@H](O[C@@H]3O[C@H](CO)[C@H](O)[C@H](O[C@@H]4O[C@H](CO)[C@H](O)[C@H](O)[C@H]4O)[C@H]3NC(C)=O)[C@H](O[C@]3(C(=O)[O-])C[C@H](O)[C@@H](NC(C)=O)[C@H]([C@H](O)[C@@H](CO)O[C@]4(C(=O)[O-])C[C@H](O)[C@@H](NC(C)=O)[C@H]([C@H](O)[C@H](O)CO)O4)O3)[C@H]2O)[C@H](O)[C@H]1O)NC(=O)CCCCCCCCCCCCCCCCC.[Na+].[Na+]. The van der Waals surface area contributed by atoms with Gasteiger partial charge in [-0.3, -0.25) is 19.2 Å². The number of amides is 4. The van der Waals surface area contributed by atoms with Crippen LogP contribution in [0.5, 0.6) is 0 Å². The van der Waals surface area contributed by atoms with Crippen molar-refractivity contribution in [3.05, 3.63) is 12.2 Å². The normalized spacial score (nSPS) is 34.6. The molecule has 0 aromatic rings. The fourth-order valence-corrected chi connectivity index (χ4v) is 16.9. The summed E-state index contributed by atoms with van der Waals surface area (Å²) in [7, 11) is 0. The molecule has 4 amide bonds.